The van der Waals surface area contributed by atoms with Gasteiger partial charge in [-0.3, -0.25) is 0 Å². The Labute approximate surface area is 135 Å². The lowest BCUT2D eigenvalue weighted by Gasteiger charge is -2.10. The van der Waals surface area contributed by atoms with E-state index in [1.807, 2.05) is 6.92 Å². The molecule has 8 heteroatoms. The number of halogens is 1. The van der Waals surface area contributed by atoms with Gasteiger partial charge >= 0.3 is 5.97 Å². The van der Waals surface area contributed by atoms with Gasteiger partial charge in [0.25, 0.3) is 0 Å². The van der Waals surface area contributed by atoms with Gasteiger partial charge in [-0.05, 0) is 24.6 Å². The zero-order valence-electron chi connectivity index (χ0n) is 12.6. The summed E-state index contributed by atoms with van der Waals surface area (Å²) in [4.78, 5) is 11.1. The summed E-state index contributed by atoms with van der Waals surface area (Å²) in [5, 5.41) is 0.111. The zero-order chi connectivity index (χ0) is 16.6. The molecule has 0 saturated carbocycles. The first-order valence-corrected chi connectivity index (χ1v) is 8.75. The number of ether oxygens (including phenoxy) is 2. The number of rotatable bonds is 9. The first-order chi connectivity index (χ1) is 10.4. The van der Waals surface area contributed by atoms with Crippen molar-refractivity contribution in [1.82, 2.24) is 4.72 Å². The van der Waals surface area contributed by atoms with Crippen molar-refractivity contribution in [3.63, 3.8) is 0 Å². The lowest BCUT2D eigenvalue weighted by atomic mass is 10.3. The number of benzene rings is 1. The van der Waals surface area contributed by atoms with Crippen LogP contribution in [0.2, 0.25) is 5.02 Å². The summed E-state index contributed by atoms with van der Waals surface area (Å²) in [6, 6.07) is 4.07. The Balaban J connectivity index is 2.72. The smallest absolute Gasteiger partial charge is 0.343 e. The largest absolute Gasteiger partial charge is 0.480 e. The number of esters is 1. The summed E-state index contributed by atoms with van der Waals surface area (Å²) in [6.45, 7) is 2.13. The van der Waals surface area contributed by atoms with Crippen molar-refractivity contribution in [2.75, 3.05) is 20.3 Å². The van der Waals surface area contributed by atoms with Gasteiger partial charge in [0.15, 0.2) is 6.61 Å². The van der Waals surface area contributed by atoms with E-state index in [2.05, 4.69) is 9.46 Å². The highest BCUT2D eigenvalue weighted by Crippen LogP contribution is 2.27. The second-order valence-electron chi connectivity index (χ2n) is 4.56. The lowest BCUT2D eigenvalue weighted by Crippen LogP contribution is -2.24. The predicted octanol–water partition coefficient (Wildman–Crippen LogP) is 2.36. The molecule has 0 spiro atoms. The topological polar surface area (TPSA) is 81.7 Å². The molecule has 6 nitrogen and oxygen atoms in total. The van der Waals surface area contributed by atoms with E-state index >= 15 is 0 Å². The zero-order valence-corrected chi connectivity index (χ0v) is 14.2. The molecule has 1 aromatic carbocycles. The molecule has 0 aliphatic rings. The molecule has 0 radical (unpaired) electrons. The molecule has 0 amide bonds. The van der Waals surface area contributed by atoms with E-state index in [1.54, 1.807) is 0 Å². The average Bonchev–Trinajstić information content (AvgIpc) is 2.50. The fraction of sp³-hybridized carbons (Fsp3) is 0.500. The highest BCUT2D eigenvalue weighted by atomic mass is 35.5. The third kappa shape index (κ3) is 5.82. The Morgan fingerprint density at radius 1 is 1.32 bits per heavy atom. The number of carbonyl (C=O) groups is 1. The molecule has 1 N–H and O–H groups in total. The number of methoxy groups -OCH3 is 1. The van der Waals surface area contributed by atoms with Crippen LogP contribution in [-0.4, -0.2) is 34.6 Å². The maximum atomic E-state index is 12.1. The Bertz CT molecular complexity index is 603. The van der Waals surface area contributed by atoms with Gasteiger partial charge in [-0.1, -0.05) is 31.4 Å². The standard InChI is InChI=1S/C14H20ClNO5S/c1-3-4-5-8-16-22(18,19)11-6-7-13(12(15)9-11)21-10-14(17)20-2/h6-7,9,16H,3-5,8,10H2,1-2H3. The van der Waals surface area contributed by atoms with Gasteiger partial charge < -0.3 is 9.47 Å². The molecule has 22 heavy (non-hydrogen) atoms. The van der Waals surface area contributed by atoms with Crippen LogP contribution in [0.25, 0.3) is 0 Å². The van der Waals surface area contributed by atoms with E-state index < -0.39 is 16.0 Å². The molecule has 124 valence electrons. The molecule has 0 fully saturated rings. The molecule has 1 rings (SSSR count). The van der Waals surface area contributed by atoms with E-state index in [0.717, 1.165) is 19.3 Å². The second-order valence-corrected chi connectivity index (χ2v) is 6.74. The predicted molar refractivity (Wildman–Crippen MR) is 83.7 cm³/mol. The van der Waals surface area contributed by atoms with E-state index in [0.29, 0.717) is 6.54 Å². The van der Waals surface area contributed by atoms with Crippen molar-refractivity contribution in [3.8, 4) is 5.75 Å². The molecule has 1 aromatic rings. The Morgan fingerprint density at radius 2 is 2.05 bits per heavy atom. The molecule has 0 aromatic heterocycles. The van der Waals surface area contributed by atoms with Crippen LogP contribution in [0, 0.1) is 0 Å². The van der Waals surface area contributed by atoms with E-state index in [1.165, 1.54) is 25.3 Å². The summed E-state index contributed by atoms with van der Waals surface area (Å²) in [5.74, 6) is -0.331. The summed E-state index contributed by atoms with van der Waals surface area (Å²) in [7, 11) is -2.35. The van der Waals surface area contributed by atoms with Crippen LogP contribution in [0.1, 0.15) is 26.2 Å². The Hall–Kier alpha value is -1.31. The number of carbonyl (C=O) groups excluding carboxylic acids is 1. The maximum Gasteiger partial charge on any atom is 0.343 e. The third-order valence-electron chi connectivity index (χ3n) is 2.86. The minimum absolute atomic E-state index is 0.0550. The lowest BCUT2D eigenvalue weighted by molar-refractivity contribution is -0.142. The van der Waals surface area contributed by atoms with Gasteiger partial charge in [0.05, 0.1) is 17.0 Å². The first-order valence-electron chi connectivity index (χ1n) is 6.89. The summed E-state index contributed by atoms with van der Waals surface area (Å²) < 4.78 is 36.3. The van der Waals surface area contributed by atoms with Crippen molar-refractivity contribution in [3.05, 3.63) is 23.2 Å². The second kappa shape index (κ2) is 8.97. The monoisotopic (exact) mass is 349 g/mol. The normalized spacial score (nSPS) is 11.2. The van der Waals surface area contributed by atoms with Crippen LogP contribution < -0.4 is 9.46 Å². The quantitative estimate of drug-likeness (QED) is 0.546. The SMILES string of the molecule is CCCCCNS(=O)(=O)c1ccc(OCC(=O)OC)c(Cl)c1. The van der Waals surface area contributed by atoms with Gasteiger partial charge in [-0.15, -0.1) is 0 Å². The molecule has 0 aliphatic carbocycles. The van der Waals surface area contributed by atoms with Gasteiger partial charge in [0.1, 0.15) is 5.75 Å². The van der Waals surface area contributed by atoms with Crippen molar-refractivity contribution < 1.29 is 22.7 Å². The van der Waals surface area contributed by atoms with E-state index in [-0.39, 0.29) is 22.3 Å². The molecule has 0 bridgehead atoms. The van der Waals surface area contributed by atoms with Gasteiger partial charge in [-0.2, -0.15) is 0 Å². The fourth-order valence-electron chi connectivity index (χ4n) is 1.63. The molecule has 0 atom stereocenters. The summed E-state index contributed by atoms with van der Waals surface area (Å²) >= 11 is 5.98. The number of sulfonamides is 1. The summed E-state index contributed by atoms with van der Waals surface area (Å²) in [5.41, 5.74) is 0. The molecular formula is C14H20ClNO5S. The molecule has 0 saturated heterocycles. The van der Waals surface area contributed by atoms with Crippen molar-refractivity contribution in [2.24, 2.45) is 0 Å². The van der Waals surface area contributed by atoms with Gasteiger partial charge in [0, 0.05) is 6.54 Å². The number of unbranched alkanes of at least 4 members (excludes halogenated alkanes) is 2. The average molecular weight is 350 g/mol. The van der Waals surface area contributed by atoms with Crippen LogP contribution in [-0.2, 0) is 19.6 Å². The highest BCUT2D eigenvalue weighted by Gasteiger charge is 2.16. The van der Waals surface area contributed by atoms with Crippen LogP contribution in [0.3, 0.4) is 0 Å². The molecule has 0 unspecified atom stereocenters. The first kappa shape index (κ1) is 18.7. The van der Waals surface area contributed by atoms with Crippen molar-refractivity contribution in [1.29, 1.82) is 0 Å². The molecular weight excluding hydrogens is 330 g/mol. The number of hydrogen-bond acceptors (Lipinski definition) is 5. The van der Waals surface area contributed by atoms with Crippen LogP contribution >= 0.6 is 11.6 Å². The van der Waals surface area contributed by atoms with Crippen molar-refractivity contribution in [2.45, 2.75) is 31.1 Å². The fourth-order valence-corrected chi connectivity index (χ4v) is 3.03. The minimum Gasteiger partial charge on any atom is -0.480 e. The minimum atomic E-state index is -3.60. The van der Waals surface area contributed by atoms with Crippen LogP contribution in [0.5, 0.6) is 5.75 Å². The number of nitrogens with one attached hydrogen (secondary N) is 1. The van der Waals surface area contributed by atoms with E-state index in [4.69, 9.17) is 16.3 Å². The van der Waals surface area contributed by atoms with Crippen molar-refractivity contribution >= 4 is 27.6 Å². The molecule has 0 heterocycles. The Kier molecular flexibility index (Phi) is 7.64. The number of hydrogen-bond donors (Lipinski definition) is 1. The van der Waals surface area contributed by atoms with Crippen LogP contribution in [0.4, 0.5) is 0 Å². The van der Waals surface area contributed by atoms with Gasteiger partial charge in [-0.25, -0.2) is 17.9 Å². The molecule has 0 aliphatic heterocycles. The third-order valence-corrected chi connectivity index (χ3v) is 4.61. The van der Waals surface area contributed by atoms with E-state index in [9.17, 15) is 13.2 Å². The van der Waals surface area contributed by atoms with Gasteiger partial charge in [0.2, 0.25) is 10.0 Å². The summed E-state index contributed by atoms with van der Waals surface area (Å²) in [6.07, 6.45) is 2.76. The Morgan fingerprint density at radius 3 is 2.64 bits per heavy atom. The van der Waals surface area contributed by atoms with Crippen LogP contribution in [0.15, 0.2) is 23.1 Å². The maximum absolute atomic E-state index is 12.1. The highest BCUT2D eigenvalue weighted by molar-refractivity contribution is 7.89.